The average molecular weight is 435 g/mol. The van der Waals surface area contributed by atoms with Gasteiger partial charge in [0.15, 0.2) is 0 Å². The van der Waals surface area contributed by atoms with E-state index in [0.29, 0.717) is 23.3 Å². The van der Waals surface area contributed by atoms with Crippen molar-refractivity contribution in [3.8, 4) is 5.69 Å². The molecule has 0 aliphatic heterocycles. The fraction of sp³-hybridized carbons (Fsp3) is 0.423. The number of carbonyl (C=O) groups is 1. The van der Waals surface area contributed by atoms with Gasteiger partial charge in [0.1, 0.15) is 5.82 Å². The van der Waals surface area contributed by atoms with Gasteiger partial charge >= 0.3 is 6.03 Å². The summed E-state index contributed by atoms with van der Waals surface area (Å²) in [5, 5.41) is 3.61. The van der Waals surface area contributed by atoms with E-state index in [0.717, 1.165) is 23.2 Å². The van der Waals surface area contributed by atoms with Crippen LogP contribution in [-0.2, 0) is 0 Å². The lowest BCUT2D eigenvalue weighted by atomic mass is 10.1. The van der Waals surface area contributed by atoms with Crippen LogP contribution in [0.2, 0.25) is 0 Å². The molecule has 3 rings (SSSR count). The summed E-state index contributed by atoms with van der Waals surface area (Å²) >= 11 is 0. The van der Waals surface area contributed by atoms with Crippen LogP contribution in [0.4, 0.5) is 4.79 Å². The minimum atomic E-state index is -0.406. The molecule has 1 heterocycles. The van der Waals surface area contributed by atoms with Crippen LogP contribution in [0.15, 0.2) is 47.3 Å². The molecule has 0 radical (unpaired) electrons. The number of para-hydroxylation sites is 1. The van der Waals surface area contributed by atoms with Gasteiger partial charge in [-0.05, 0) is 83.4 Å². The topological polar surface area (TPSA) is 67.2 Å². The largest absolute Gasteiger partial charge is 0.333 e. The zero-order valence-corrected chi connectivity index (χ0v) is 20.2. The summed E-state index contributed by atoms with van der Waals surface area (Å²) in [5.74, 6) is 0.550. The van der Waals surface area contributed by atoms with Gasteiger partial charge in [0, 0.05) is 12.1 Å². The van der Waals surface area contributed by atoms with Gasteiger partial charge in [0.2, 0.25) is 0 Å². The maximum atomic E-state index is 13.6. The first kappa shape index (κ1) is 23.5. The molecule has 0 aliphatic carbocycles. The van der Waals surface area contributed by atoms with Gasteiger partial charge < -0.3 is 10.2 Å². The fourth-order valence-corrected chi connectivity index (χ4v) is 3.79. The zero-order chi connectivity index (χ0) is 23.6. The summed E-state index contributed by atoms with van der Waals surface area (Å²) in [5.41, 5.74) is 3.14. The van der Waals surface area contributed by atoms with Gasteiger partial charge in [0.05, 0.1) is 22.6 Å². The Morgan fingerprint density at radius 1 is 1.12 bits per heavy atom. The summed E-state index contributed by atoms with van der Waals surface area (Å²) in [6.45, 7) is 14.5. The van der Waals surface area contributed by atoms with Crippen molar-refractivity contribution in [2.75, 3.05) is 6.54 Å². The van der Waals surface area contributed by atoms with E-state index in [1.54, 1.807) is 15.5 Å². The summed E-state index contributed by atoms with van der Waals surface area (Å²) < 4.78 is 1.66. The molecular formula is C26H34N4O2. The van der Waals surface area contributed by atoms with Crippen LogP contribution in [0.3, 0.4) is 0 Å². The first-order valence-electron chi connectivity index (χ1n) is 11.2. The number of amides is 2. The summed E-state index contributed by atoms with van der Waals surface area (Å²) in [6, 6.07) is 12.7. The maximum absolute atomic E-state index is 13.6. The van der Waals surface area contributed by atoms with E-state index >= 15 is 0 Å². The Kier molecular flexibility index (Phi) is 6.72. The summed E-state index contributed by atoms with van der Waals surface area (Å²) in [6.07, 6.45) is 0.795. The van der Waals surface area contributed by atoms with Crippen LogP contribution >= 0.6 is 0 Å². The number of carbonyl (C=O) groups excluding carboxylic acids is 1. The molecule has 2 aromatic carbocycles. The molecule has 2 amide bonds. The Morgan fingerprint density at radius 3 is 2.44 bits per heavy atom. The predicted octanol–water partition coefficient (Wildman–Crippen LogP) is 5.28. The van der Waals surface area contributed by atoms with Gasteiger partial charge in [-0.3, -0.25) is 9.36 Å². The molecule has 170 valence electrons. The van der Waals surface area contributed by atoms with Crippen molar-refractivity contribution in [3.63, 3.8) is 0 Å². The average Bonchev–Trinajstić information content (AvgIpc) is 2.72. The quantitative estimate of drug-likeness (QED) is 0.594. The van der Waals surface area contributed by atoms with E-state index in [4.69, 9.17) is 4.98 Å². The summed E-state index contributed by atoms with van der Waals surface area (Å²) in [4.78, 5) is 33.4. The summed E-state index contributed by atoms with van der Waals surface area (Å²) in [7, 11) is 0. The van der Waals surface area contributed by atoms with Gasteiger partial charge in [-0.2, -0.15) is 0 Å². The van der Waals surface area contributed by atoms with E-state index in [1.807, 2.05) is 84.9 Å². The molecule has 0 saturated carbocycles. The first-order chi connectivity index (χ1) is 15.0. The van der Waals surface area contributed by atoms with Crippen molar-refractivity contribution < 1.29 is 4.79 Å². The van der Waals surface area contributed by atoms with Crippen molar-refractivity contribution in [2.45, 2.75) is 66.5 Å². The second-order valence-corrected chi connectivity index (χ2v) is 9.45. The first-order valence-corrected chi connectivity index (χ1v) is 11.2. The van der Waals surface area contributed by atoms with Crippen molar-refractivity contribution in [3.05, 3.63) is 69.8 Å². The van der Waals surface area contributed by atoms with Gasteiger partial charge in [0.25, 0.3) is 5.56 Å². The van der Waals surface area contributed by atoms with E-state index in [1.165, 1.54) is 0 Å². The number of hydrogen-bond donors (Lipinski definition) is 1. The fourth-order valence-electron chi connectivity index (χ4n) is 3.79. The van der Waals surface area contributed by atoms with Crippen LogP contribution in [0, 0.1) is 13.8 Å². The number of nitrogens with one attached hydrogen (secondary N) is 1. The molecule has 1 aromatic heterocycles. The highest BCUT2D eigenvalue weighted by molar-refractivity contribution is 5.78. The number of aryl methyl sites for hydroxylation is 2. The third kappa shape index (κ3) is 4.85. The molecule has 0 saturated heterocycles. The minimum Gasteiger partial charge on any atom is -0.333 e. The van der Waals surface area contributed by atoms with Gasteiger partial charge in [-0.15, -0.1) is 0 Å². The van der Waals surface area contributed by atoms with Crippen LogP contribution in [0.5, 0.6) is 0 Å². The van der Waals surface area contributed by atoms with Crippen molar-refractivity contribution in [1.82, 2.24) is 19.8 Å². The van der Waals surface area contributed by atoms with Gasteiger partial charge in [-0.25, -0.2) is 9.78 Å². The highest BCUT2D eigenvalue weighted by Gasteiger charge is 2.28. The van der Waals surface area contributed by atoms with E-state index in [9.17, 15) is 9.59 Å². The standard InChI is InChI=1S/C26H34N4O2/c1-8-15-29(25(32)28-26(5,6)7)19(4)23-27-22-12-10-9-11-21(22)24(31)30(23)20-14-13-17(2)18(3)16-20/h9-14,16,19H,8,15H2,1-7H3,(H,28,32). The molecule has 0 fully saturated rings. The SMILES string of the molecule is CCCN(C(=O)NC(C)(C)C)C(C)c1nc2ccccc2c(=O)n1-c1ccc(C)c(C)c1. The molecule has 0 spiro atoms. The minimum absolute atomic E-state index is 0.131. The lowest BCUT2D eigenvalue weighted by Gasteiger charge is -2.33. The molecule has 6 heteroatoms. The highest BCUT2D eigenvalue weighted by Crippen LogP contribution is 2.24. The Hall–Kier alpha value is -3.15. The van der Waals surface area contributed by atoms with Crippen molar-refractivity contribution in [2.24, 2.45) is 0 Å². The Labute approximate surface area is 190 Å². The van der Waals surface area contributed by atoms with Crippen LogP contribution in [0.1, 0.15) is 64.0 Å². The molecule has 32 heavy (non-hydrogen) atoms. The molecule has 1 N–H and O–H groups in total. The van der Waals surface area contributed by atoms with E-state index in [2.05, 4.69) is 5.32 Å². The number of aromatic nitrogens is 2. The van der Waals surface area contributed by atoms with Crippen molar-refractivity contribution in [1.29, 1.82) is 0 Å². The third-order valence-corrected chi connectivity index (χ3v) is 5.60. The smallest absolute Gasteiger partial charge is 0.318 e. The van der Waals surface area contributed by atoms with E-state index in [-0.39, 0.29) is 17.1 Å². The number of fused-ring (bicyclic) bond motifs is 1. The Balaban J connectivity index is 2.24. The number of nitrogens with zero attached hydrogens (tertiary/aromatic N) is 3. The normalized spacial score (nSPS) is 12.6. The highest BCUT2D eigenvalue weighted by atomic mass is 16.2. The zero-order valence-electron chi connectivity index (χ0n) is 20.2. The van der Waals surface area contributed by atoms with Crippen LogP contribution < -0.4 is 10.9 Å². The second kappa shape index (κ2) is 9.15. The number of hydrogen-bond acceptors (Lipinski definition) is 3. The maximum Gasteiger partial charge on any atom is 0.318 e. The molecule has 6 nitrogen and oxygen atoms in total. The second-order valence-electron chi connectivity index (χ2n) is 9.45. The molecule has 3 aromatic rings. The van der Waals surface area contributed by atoms with E-state index < -0.39 is 6.04 Å². The number of benzene rings is 2. The van der Waals surface area contributed by atoms with Gasteiger partial charge in [-0.1, -0.05) is 25.1 Å². The number of urea groups is 1. The van der Waals surface area contributed by atoms with Crippen LogP contribution in [-0.4, -0.2) is 32.6 Å². The third-order valence-electron chi connectivity index (χ3n) is 5.60. The molecule has 0 bridgehead atoms. The number of rotatable bonds is 5. The van der Waals surface area contributed by atoms with Crippen LogP contribution in [0.25, 0.3) is 16.6 Å². The Bertz CT molecular complexity index is 1190. The predicted molar refractivity (Wildman–Crippen MR) is 131 cm³/mol. The lowest BCUT2D eigenvalue weighted by Crippen LogP contribution is -2.50. The molecule has 1 atom stereocenters. The monoisotopic (exact) mass is 434 g/mol. The molecule has 1 unspecified atom stereocenters. The Morgan fingerprint density at radius 2 is 1.81 bits per heavy atom. The molecule has 0 aliphatic rings. The molecular weight excluding hydrogens is 400 g/mol. The van der Waals surface area contributed by atoms with Crippen molar-refractivity contribution >= 4 is 16.9 Å². The lowest BCUT2D eigenvalue weighted by molar-refractivity contribution is 0.167.